The van der Waals surface area contributed by atoms with E-state index in [4.69, 9.17) is 0 Å². The molecule has 0 radical (unpaired) electrons. The molecule has 2 rings (SSSR count). The number of hydrogen-bond acceptors (Lipinski definition) is 4. The van der Waals surface area contributed by atoms with E-state index >= 15 is 0 Å². The number of Topliss-reactive ketones (excluding diaryl/α,β-unsaturated/α-hetero) is 1. The van der Waals surface area contributed by atoms with Gasteiger partial charge in [0.05, 0.1) is 5.39 Å². The second kappa shape index (κ2) is 3.66. The zero-order valence-corrected chi connectivity index (χ0v) is 9.48. The predicted molar refractivity (Wildman–Crippen MR) is 63.7 cm³/mol. The van der Waals surface area contributed by atoms with Gasteiger partial charge in [0.2, 0.25) is 0 Å². The Morgan fingerprint density at radius 1 is 1.12 bits per heavy atom. The summed E-state index contributed by atoms with van der Waals surface area (Å²) in [6.07, 6.45) is 0. The van der Waals surface area contributed by atoms with Crippen LogP contribution >= 0.6 is 0 Å². The lowest BCUT2D eigenvalue weighted by Crippen LogP contribution is -1.97. The van der Waals surface area contributed by atoms with Crippen LogP contribution < -0.4 is 0 Å². The first kappa shape index (κ1) is 11.3. The number of ketones is 1. The number of carbonyl (C=O) groups is 1. The number of aromatic hydroxyl groups is 3. The van der Waals surface area contributed by atoms with Crippen molar-refractivity contribution in [1.82, 2.24) is 0 Å². The van der Waals surface area contributed by atoms with Gasteiger partial charge in [-0.15, -0.1) is 0 Å². The molecular formula is C13H12O4. The summed E-state index contributed by atoms with van der Waals surface area (Å²) in [4.78, 5) is 11.4. The van der Waals surface area contributed by atoms with Gasteiger partial charge in [-0.25, -0.2) is 0 Å². The molecule has 0 fully saturated rings. The van der Waals surface area contributed by atoms with E-state index in [0.29, 0.717) is 10.9 Å². The highest BCUT2D eigenvalue weighted by atomic mass is 16.3. The van der Waals surface area contributed by atoms with Crippen LogP contribution in [0.1, 0.15) is 22.8 Å². The number of benzene rings is 2. The van der Waals surface area contributed by atoms with Crippen molar-refractivity contribution in [2.45, 2.75) is 13.8 Å². The van der Waals surface area contributed by atoms with Gasteiger partial charge < -0.3 is 15.3 Å². The molecule has 0 aliphatic rings. The highest BCUT2D eigenvalue weighted by molar-refractivity contribution is 6.09. The van der Waals surface area contributed by atoms with Crippen molar-refractivity contribution in [1.29, 1.82) is 0 Å². The highest BCUT2D eigenvalue weighted by Crippen LogP contribution is 2.42. The van der Waals surface area contributed by atoms with Gasteiger partial charge in [-0.3, -0.25) is 4.79 Å². The van der Waals surface area contributed by atoms with Crippen LogP contribution in [-0.2, 0) is 0 Å². The second-order valence-corrected chi connectivity index (χ2v) is 3.95. The first-order valence-corrected chi connectivity index (χ1v) is 5.12. The third-order valence-corrected chi connectivity index (χ3v) is 2.86. The van der Waals surface area contributed by atoms with Crippen molar-refractivity contribution in [3.8, 4) is 17.2 Å². The van der Waals surface area contributed by atoms with Crippen molar-refractivity contribution >= 4 is 16.6 Å². The van der Waals surface area contributed by atoms with Gasteiger partial charge in [0.15, 0.2) is 5.78 Å². The van der Waals surface area contributed by atoms with Crippen LogP contribution in [0.25, 0.3) is 10.8 Å². The Hall–Kier alpha value is -2.23. The molecule has 0 atom stereocenters. The van der Waals surface area contributed by atoms with E-state index in [2.05, 4.69) is 0 Å². The van der Waals surface area contributed by atoms with Gasteiger partial charge in [-0.05, 0) is 30.9 Å². The van der Waals surface area contributed by atoms with Gasteiger partial charge in [0.1, 0.15) is 22.8 Å². The SMILES string of the molecule is CC(=O)c1c(O)c(C)c2cccc(O)c2c1O. The molecule has 0 unspecified atom stereocenters. The fourth-order valence-electron chi connectivity index (χ4n) is 1.99. The summed E-state index contributed by atoms with van der Waals surface area (Å²) in [6, 6.07) is 4.69. The number of aryl methyl sites for hydroxylation is 1. The maximum atomic E-state index is 11.4. The largest absolute Gasteiger partial charge is 0.507 e. The van der Waals surface area contributed by atoms with Crippen molar-refractivity contribution in [2.75, 3.05) is 0 Å². The Bertz CT molecular complexity index is 629. The lowest BCUT2D eigenvalue weighted by atomic mass is 9.96. The molecule has 0 saturated carbocycles. The molecule has 4 heteroatoms. The Labute approximate surface area is 97.8 Å². The van der Waals surface area contributed by atoms with Crippen LogP contribution in [-0.4, -0.2) is 21.1 Å². The fourth-order valence-corrected chi connectivity index (χ4v) is 1.99. The summed E-state index contributed by atoms with van der Waals surface area (Å²) in [5.74, 6) is -1.19. The van der Waals surface area contributed by atoms with Crippen molar-refractivity contribution < 1.29 is 20.1 Å². The van der Waals surface area contributed by atoms with Crippen LogP contribution in [0, 0.1) is 6.92 Å². The molecule has 0 aromatic heterocycles. The van der Waals surface area contributed by atoms with E-state index in [1.807, 2.05) is 0 Å². The first-order chi connectivity index (χ1) is 7.95. The standard InChI is InChI=1S/C13H12O4/c1-6-8-4-3-5-9(15)11(8)13(17)10(7(2)14)12(6)16/h3-5,15-17H,1-2H3. The van der Waals surface area contributed by atoms with Crippen LogP contribution in [0.2, 0.25) is 0 Å². The predicted octanol–water partition coefficient (Wildman–Crippen LogP) is 2.47. The number of phenolic OH excluding ortho intramolecular Hbond substituents is 3. The number of fused-ring (bicyclic) bond motifs is 1. The molecule has 17 heavy (non-hydrogen) atoms. The van der Waals surface area contributed by atoms with Gasteiger partial charge in [-0.2, -0.15) is 0 Å². The average Bonchev–Trinajstić information content (AvgIpc) is 2.25. The molecule has 4 nitrogen and oxygen atoms in total. The number of rotatable bonds is 1. The van der Waals surface area contributed by atoms with Gasteiger partial charge in [0.25, 0.3) is 0 Å². The second-order valence-electron chi connectivity index (χ2n) is 3.95. The zero-order valence-electron chi connectivity index (χ0n) is 9.48. The van der Waals surface area contributed by atoms with Crippen LogP contribution in [0.4, 0.5) is 0 Å². The quantitative estimate of drug-likeness (QED) is 0.660. The lowest BCUT2D eigenvalue weighted by molar-refractivity contribution is 0.101. The number of carbonyl (C=O) groups excluding carboxylic acids is 1. The summed E-state index contributed by atoms with van der Waals surface area (Å²) in [6.45, 7) is 2.88. The lowest BCUT2D eigenvalue weighted by Gasteiger charge is -2.12. The molecule has 0 saturated heterocycles. The molecule has 0 amide bonds. The topological polar surface area (TPSA) is 77.8 Å². The summed E-state index contributed by atoms with van der Waals surface area (Å²) in [7, 11) is 0. The summed E-state index contributed by atoms with van der Waals surface area (Å²) in [5, 5.41) is 30.3. The van der Waals surface area contributed by atoms with Crippen molar-refractivity contribution in [3.05, 3.63) is 29.3 Å². The Morgan fingerprint density at radius 2 is 1.76 bits per heavy atom. The Balaban J connectivity index is 3.07. The summed E-state index contributed by atoms with van der Waals surface area (Å²) < 4.78 is 0. The summed E-state index contributed by atoms with van der Waals surface area (Å²) >= 11 is 0. The van der Waals surface area contributed by atoms with Gasteiger partial charge >= 0.3 is 0 Å². The molecule has 0 bridgehead atoms. The molecule has 0 aliphatic heterocycles. The minimum absolute atomic E-state index is 0.120. The fraction of sp³-hybridized carbons (Fsp3) is 0.154. The monoisotopic (exact) mass is 232 g/mol. The summed E-state index contributed by atoms with van der Waals surface area (Å²) in [5.41, 5.74) is 0.301. The van der Waals surface area contributed by atoms with Gasteiger partial charge in [0, 0.05) is 0 Å². The third kappa shape index (κ3) is 1.49. The van der Waals surface area contributed by atoms with Gasteiger partial charge in [-0.1, -0.05) is 12.1 Å². The van der Waals surface area contributed by atoms with E-state index in [1.54, 1.807) is 19.1 Å². The molecule has 0 spiro atoms. The van der Waals surface area contributed by atoms with E-state index in [9.17, 15) is 20.1 Å². The minimum Gasteiger partial charge on any atom is -0.507 e. The molecule has 2 aromatic rings. The van der Waals surface area contributed by atoms with E-state index in [-0.39, 0.29) is 28.2 Å². The van der Waals surface area contributed by atoms with Crippen LogP contribution in [0.3, 0.4) is 0 Å². The maximum Gasteiger partial charge on any atom is 0.167 e. The molecule has 88 valence electrons. The van der Waals surface area contributed by atoms with E-state index in [1.165, 1.54) is 13.0 Å². The van der Waals surface area contributed by atoms with E-state index in [0.717, 1.165) is 0 Å². The molecule has 3 N–H and O–H groups in total. The zero-order chi connectivity index (χ0) is 12.7. The van der Waals surface area contributed by atoms with Crippen LogP contribution in [0.15, 0.2) is 18.2 Å². The smallest absolute Gasteiger partial charge is 0.167 e. The van der Waals surface area contributed by atoms with E-state index < -0.39 is 5.78 Å². The van der Waals surface area contributed by atoms with Crippen molar-refractivity contribution in [2.24, 2.45) is 0 Å². The number of phenols is 3. The highest BCUT2D eigenvalue weighted by Gasteiger charge is 2.21. The Kier molecular flexibility index (Phi) is 2.42. The van der Waals surface area contributed by atoms with Crippen LogP contribution in [0.5, 0.6) is 17.2 Å². The number of hydrogen-bond donors (Lipinski definition) is 3. The average molecular weight is 232 g/mol. The normalized spacial score (nSPS) is 10.7. The molecule has 2 aromatic carbocycles. The first-order valence-electron chi connectivity index (χ1n) is 5.12. The Morgan fingerprint density at radius 3 is 2.35 bits per heavy atom. The molecular weight excluding hydrogens is 220 g/mol. The third-order valence-electron chi connectivity index (χ3n) is 2.86. The van der Waals surface area contributed by atoms with Crippen molar-refractivity contribution in [3.63, 3.8) is 0 Å². The maximum absolute atomic E-state index is 11.4. The molecule has 0 aliphatic carbocycles. The minimum atomic E-state index is -0.451. The molecule has 0 heterocycles.